The lowest BCUT2D eigenvalue weighted by Gasteiger charge is -2.39. The number of ether oxygens (including phenoxy) is 1. The molecule has 2 atom stereocenters. The van der Waals surface area contributed by atoms with Gasteiger partial charge in [0.2, 0.25) is 0 Å². The van der Waals surface area contributed by atoms with Crippen LogP contribution in [0.2, 0.25) is 0 Å². The first-order chi connectivity index (χ1) is 11.1. The van der Waals surface area contributed by atoms with Gasteiger partial charge in [-0.1, -0.05) is 30.3 Å². The Hall–Kier alpha value is -0.990. The maximum Gasteiger partial charge on any atom is 0.282 e. The average molecular weight is 340 g/mol. The Kier molecular flexibility index (Phi) is 5.33. The second kappa shape index (κ2) is 7.27. The van der Waals surface area contributed by atoms with Crippen LogP contribution in [0.3, 0.4) is 0 Å². The van der Waals surface area contributed by atoms with Gasteiger partial charge in [0.25, 0.3) is 10.2 Å². The topological polar surface area (TPSA) is 70.1 Å². The molecule has 0 amide bonds. The van der Waals surface area contributed by atoms with Crippen molar-refractivity contribution in [2.24, 2.45) is 5.92 Å². The minimum absolute atomic E-state index is 0.0124. The second-order valence-corrected chi connectivity index (χ2v) is 8.16. The zero-order chi connectivity index (χ0) is 16.3. The lowest BCUT2D eigenvalue weighted by molar-refractivity contribution is 0.0676. The minimum atomic E-state index is -3.49. The van der Waals surface area contributed by atoms with Crippen LogP contribution in [0, 0.1) is 5.92 Å². The van der Waals surface area contributed by atoms with Gasteiger partial charge < -0.3 is 9.84 Å². The van der Waals surface area contributed by atoms with E-state index in [1.54, 1.807) is 4.31 Å². The van der Waals surface area contributed by atoms with Crippen molar-refractivity contribution in [1.29, 1.82) is 0 Å². The Morgan fingerprint density at radius 3 is 2.43 bits per heavy atom. The SMILES string of the molecule is O=S(=O)(N1CCOCC1)N1CC(c2ccccc2)C[C@@H](CO)C1. The van der Waals surface area contributed by atoms with Crippen molar-refractivity contribution in [3.8, 4) is 0 Å². The highest BCUT2D eigenvalue weighted by molar-refractivity contribution is 7.86. The summed E-state index contributed by atoms with van der Waals surface area (Å²) in [5, 5.41) is 9.59. The normalized spacial score (nSPS) is 27.9. The van der Waals surface area contributed by atoms with E-state index < -0.39 is 10.2 Å². The third kappa shape index (κ3) is 3.75. The second-order valence-electron chi connectivity index (χ2n) is 6.23. The van der Waals surface area contributed by atoms with E-state index in [9.17, 15) is 13.5 Å². The van der Waals surface area contributed by atoms with Crippen LogP contribution >= 0.6 is 0 Å². The van der Waals surface area contributed by atoms with Crippen LogP contribution in [0.25, 0.3) is 0 Å². The summed E-state index contributed by atoms with van der Waals surface area (Å²) in [6.07, 6.45) is 0.815. The first-order valence-corrected chi connectivity index (χ1v) is 9.49. The Bertz CT molecular complexity index is 602. The number of morpholine rings is 1. The minimum Gasteiger partial charge on any atom is -0.396 e. The number of nitrogens with zero attached hydrogens (tertiary/aromatic N) is 2. The average Bonchev–Trinajstić information content (AvgIpc) is 2.62. The Morgan fingerprint density at radius 2 is 1.78 bits per heavy atom. The van der Waals surface area contributed by atoms with Crippen LogP contribution in [0.5, 0.6) is 0 Å². The largest absolute Gasteiger partial charge is 0.396 e. The summed E-state index contributed by atoms with van der Waals surface area (Å²) in [5.74, 6) is 0.0997. The van der Waals surface area contributed by atoms with Gasteiger partial charge in [-0.3, -0.25) is 0 Å². The summed E-state index contributed by atoms with van der Waals surface area (Å²) in [6.45, 7) is 2.56. The third-order valence-electron chi connectivity index (χ3n) is 4.66. The summed E-state index contributed by atoms with van der Waals surface area (Å²) in [7, 11) is -3.49. The third-order valence-corrected chi connectivity index (χ3v) is 6.62. The number of aliphatic hydroxyl groups is 1. The monoisotopic (exact) mass is 340 g/mol. The molecule has 2 aliphatic heterocycles. The van der Waals surface area contributed by atoms with Gasteiger partial charge in [-0.05, 0) is 23.8 Å². The van der Waals surface area contributed by atoms with Crippen LogP contribution in [-0.2, 0) is 14.9 Å². The predicted molar refractivity (Wildman–Crippen MR) is 87.3 cm³/mol. The summed E-state index contributed by atoms with van der Waals surface area (Å²) >= 11 is 0. The van der Waals surface area contributed by atoms with Crippen LogP contribution in [-0.4, -0.2) is 68.1 Å². The fourth-order valence-corrected chi connectivity index (χ4v) is 5.09. The molecule has 7 heteroatoms. The van der Waals surface area contributed by atoms with Gasteiger partial charge >= 0.3 is 0 Å². The molecular formula is C16H24N2O4S. The number of rotatable bonds is 4. The molecule has 1 N–H and O–H groups in total. The fourth-order valence-electron chi connectivity index (χ4n) is 3.39. The number of benzene rings is 1. The lowest BCUT2D eigenvalue weighted by atomic mass is 9.86. The quantitative estimate of drug-likeness (QED) is 0.874. The number of hydrogen-bond acceptors (Lipinski definition) is 4. The van der Waals surface area contributed by atoms with Gasteiger partial charge in [0.1, 0.15) is 0 Å². The van der Waals surface area contributed by atoms with E-state index in [-0.39, 0.29) is 18.4 Å². The van der Waals surface area contributed by atoms with E-state index in [1.165, 1.54) is 4.31 Å². The Balaban J connectivity index is 1.80. The molecule has 0 aliphatic carbocycles. The molecule has 1 unspecified atom stereocenters. The molecule has 1 aromatic carbocycles. The van der Waals surface area contributed by atoms with Gasteiger partial charge in [0.05, 0.1) is 13.2 Å². The summed E-state index contributed by atoms with van der Waals surface area (Å²) in [5.41, 5.74) is 1.13. The maximum atomic E-state index is 12.9. The highest BCUT2D eigenvalue weighted by Crippen LogP contribution is 2.32. The predicted octanol–water partition coefficient (Wildman–Crippen LogP) is 0.661. The number of piperidine rings is 1. The van der Waals surface area contributed by atoms with E-state index in [0.717, 1.165) is 12.0 Å². The number of aliphatic hydroxyl groups excluding tert-OH is 1. The van der Waals surface area contributed by atoms with Gasteiger partial charge in [-0.25, -0.2) is 0 Å². The smallest absolute Gasteiger partial charge is 0.282 e. The molecule has 6 nitrogen and oxygen atoms in total. The molecule has 0 bridgehead atoms. The van der Waals surface area contributed by atoms with Crippen molar-refractivity contribution in [2.75, 3.05) is 46.0 Å². The van der Waals surface area contributed by atoms with E-state index >= 15 is 0 Å². The molecule has 23 heavy (non-hydrogen) atoms. The van der Waals surface area contributed by atoms with E-state index in [2.05, 4.69) is 0 Å². The lowest BCUT2D eigenvalue weighted by Crippen LogP contribution is -2.52. The van der Waals surface area contributed by atoms with Crippen molar-refractivity contribution < 1.29 is 18.3 Å². The zero-order valence-electron chi connectivity index (χ0n) is 13.2. The molecule has 0 saturated carbocycles. The standard InChI is InChI=1S/C16H24N2O4S/c19-13-14-10-16(15-4-2-1-3-5-15)12-18(11-14)23(20,21)17-6-8-22-9-7-17/h1-5,14,16,19H,6-13H2/t14-,16?/m1/s1. The molecule has 2 heterocycles. The maximum absolute atomic E-state index is 12.9. The summed E-state index contributed by atoms with van der Waals surface area (Å²) < 4.78 is 34.1. The van der Waals surface area contributed by atoms with E-state index in [4.69, 9.17) is 4.74 Å². The van der Waals surface area contributed by atoms with Crippen molar-refractivity contribution in [2.45, 2.75) is 12.3 Å². The van der Waals surface area contributed by atoms with Gasteiger partial charge in [-0.15, -0.1) is 0 Å². The molecular weight excluding hydrogens is 316 g/mol. The van der Waals surface area contributed by atoms with Crippen molar-refractivity contribution >= 4 is 10.2 Å². The van der Waals surface area contributed by atoms with E-state index in [0.29, 0.717) is 39.4 Å². The fraction of sp³-hybridized carbons (Fsp3) is 0.625. The zero-order valence-corrected chi connectivity index (χ0v) is 14.0. The summed E-state index contributed by atoms with van der Waals surface area (Å²) in [6, 6.07) is 9.96. The van der Waals surface area contributed by atoms with Crippen molar-refractivity contribution in [1.82, 2.24) is 8.61 Å². The van der Waals surface area contributed by atoms with Crippen LogP contribution < -0.4 is 0 Å². The molecule has 0 radical (unpaired) electrons. The van der Waals surface area contributed by atoms with Gasteiger partial charge in [-0.2, -0.15) is 17.0 Å². The number of hydrogen-bond donors (Lipinski definition) is 1. The van der Waals surface area contributed by atoms with Gasteiger partial charge in [0.15, 0.2) is 0 Å². The first-order valence-electron chi connectivity index (χ1n) is 8.10. The molecule has 0 spiro atoms. The molecule has 3 rings (SSSR count). The molecule has 2 saturated heterocycles. The highest BCUT2D eigenvalue weighted by Gasteiger charge is 2.37. The molecule has 2 fully saturated rings. The Morgan fingerprint density at radius 1 is 1.09 bits per heavy atom. The molecule has 1 aromatic rings. The summed E-state index contributed by atoms with van der Waals surface area (Å²) in [4.78, 5) is 0. The van der Waals surface area contributed by atoms with Crippen LogP contribution in [0.1, 0.15) is 17.9 Å². The van der Waals surface area contributed by atoms with Crippen molar-refractivity contribution in [3.63, 3.8) is 0 Å². The Labute approximate surface area is 137 Å². The van der Waals surface area contributed by atoms with Crippen molar-refractivity contribution in [3.05, 3.63) is 35.9 Å². The van der Waals surface area contributed by atoms with Gasteiger partial charge in [0, 0.05) is 32.8 Å². The molecule has 0 aromatic heterocycles. The van der Waals surface area contributed by atoms with E-state index in [1.807, 2.05) is 30.3 Å². The van der Waals surface area contributed by atoms with Crippen LogP contribution in [0.4, 0.5) is 0 Å². The van der Waals surface area contributed by atoms with Crippen LogP contribution in [0.15, 0.2) is 30.3 Å². The first kappa shape index (κ1) is 16.9. The molecule has 128 valence electrons. The molecule has 2 aliphatic rings. The highest BCUT2D eigenvalue weighted by atomic mass is 32.2.